The van der Waals surface area contributed by atoms with Crippen LogP contribution in [0.5, 0.6) is 0 Å². The molecule has 0 radical (unpaired) electrons. The van der Waals surface area contributed by atoms with Crippen LogP contribution in [0.2, 0.25) is 0 Å². The monoisotopic (exact) mass is 528 g/mol. The largest absolute Gasteiger partial charge is 0.444 e. The number of rotatable bonds is 5. The number of carbonyl (C=O) groups is 3. The van der Waals surface area contributed by atoms with Crippen LogP contribution in [-0.4, -0.2) is 74.7 Å². The zero-order chi connectivity index (χ0) is 26.7. The average molecular weight is 529 g/mol. The van der Waals surface area contributed by atoms with Crippen molar-refractivity contribution in [1.29, 1.82) is 0 Å². The Morgan fingerprint density at radius 1 is 1.14 bits per heavy atom. The topological polar surface area (TPSA) is 112 Å². The van der Waals surface area contributed by atoms with Gasteiger partial charge in [-0.05, 0) is 58.1 Å². The fourth-order valence-electron chi connectivity index (χ4n) is 4.88. The molecule has 4 rings (SSSR count). The zero-order valence-corrected chi connectivity index (χ0v) is 22.7. The Balaban J connectivity index is 1.40. The van der Waals surface area contributed by atoms with E-state index in [0.29, 0.717) is 19.5 Å². The van der Waals surface area contributed by atoms with E-state index in [2.05, 4.69) is 10.3 Å². The number of hydrogen-bond donors (Lipinski definition) is 2. The molecule has 0 aliphatic carbocycles. The molecule has 0 spiro atoms. The third-order valence-corrected chi connectivity index (χ3v) is 7.69. The number of aryl methyl sites for hydroxylation is 1. The molecule has 2 fully saturated rings. The van der Waals surface area contributed by atoms with Gasteiger partial charge in [0.1, 0.15) is 17.7 Å². The van der Waals surface area contributed by atoms with Gasteiger partial charge in [-0.3, -0.25) is 14.5 Å². The summed E-state index contributed by atoms with van der Waals surface area (Å²) in [4.78, 5) is 47.8. The number of aliphatic hydroxyl groups is 1. The Morgan fingerprint density at radius 3 is 2.51 bits per heavy atom. The first-order valence-electron chi connectivity index (χ1n) is 12.8. The molecule has 0 saturated carbocycles. The Morgan fingerprint density at radius 2 is 1.86 bits per heavy atom. The van der Waals surface area contributed by atoms with E-state index in [9.17, 15) is 19.5 Å². The van der Waals surface area contributed by atoms with Crippen LogP contribution in [0, 0.1) is 6.92 Å². The summed E-state index contributed by atoms with van der Waals surface area (Å²) < 4.78 is 5.53. The summed E-state index contributed by atoms with van der Waals surface area (Å²) in [5, 5.41) is 13.3. The van der Waals surface area contributed by atoms with Gasteiger partial charge in [0.15, 0.2) is 0 Å². The summed E-state index contributed by atoms with van der Waals surface area (Å²) in [5.41, 5.74) is 4.14. The maximum absolute atomic E-state index is 13.6. The van der Waals surface area contributed by atoms with Crippen molar-refractivity contribution in [1.82, 2.24) is 20.1 Å². The predicted molar refractivity (Wildman–Crippen MR) is 141 cm³/mol. The smallest absolute Gasteiger partial charge is 0.410 e. The van der Waals surface area contributed by atoms with E-state index in [1.54, 1.807) is 32.1 Å². The molecule has 2 aromatic rings. The van der Waals surface area contributed by atoms with E-state index >= 15 is 0 Å². The molecule has 2 saturated heterocycles. The van der Waals surface area contributed by atoms with E-state index in [4.69, 9.17) is 4.74 Å². The molecule has 1 aromatic carbocycles. The molecule has 1 aromatic heterocycles. The molecule has 200 valence electrons. The quantitative estimate of drug-likeness (QED) is 0.615. The van der Waals surface area contributed by atoms with E-state index in [-0.39, 0.29) is 24.8 Å². The molecule has 0 bridgehead atoms. The Bertz CT molecular complexity index is 1130. The predicted octanol–water partition coefficient (Wildman–Crippen LogP) is 3.49. The highest BCUT2D eigenvalue weighted by Crippen LogP contribution is 2.28. The highest BCUT2D eigenvalue weighted by molar-refractivity contribution is 7.13. The van der Waals surface area contributed by atoms with E-state index in [1.165, 1.54) is 9.80 Å². The molecule has 2 aliphatic rings. The minimum absolute atomic E-state index is 0.0679. The number of β-amino-alcohol motifs (C(OH)–C–C–N with tert-alkyl or cyclic N) is 1. The van der Waals surface area contributed by atoms with Crippen LogP contribution >= 0.6 is 11.3 Å². The normalized spacial score (nSPS) is 22.1. The molecule has 3 atom stereocenters. The molecule has 2 N–H and O–H groups in total. The van der Waals surface area contributed by atoms with Gasteiger partial charge in [0.05, 0.1) is 22.2 Å². The highest BCUT2D eigenvalue weighted by atomic mass is 32.1. The third-order valence-electron chi connectivity index (χ3n) is 6.71. The van der Waals surface area contributed by atoms with Crippen LogP contribution in [0.15, 0.2) is 29.8 Å². The number of nitrogens with one attached hydrogen (secondary N) is 1. The minimum atomic E-state index is -0.791. The van der Waals surface area contributed by atoms with Gasteiger partial charge >= 0.3 is 6.09 Å². The summed E-state index contributed by atoms with van der Waals surface area (Å²) in [6, 6.07) is 6.44. The summed E-state index contributed by atoms with van der Waals surface area (Å²) >= 11 is 1.59. The average Bonchev–Trinajstić information content (AvgIpc) is 3.46. The van der Waals surface area contributed by atoms with Gasteiger partial charge in [-0.15, -0.1) is 11.3 Å². The van der Waals surface area contributed by atoms with Crippen molar-refractivity contribution in [2.24, 2.45) is 0 Å². The van der Waals surface area contributed by atoms with Crippen LogP contribution in [0.1, 0.15) is 57.7 Å². The number of piperidine rings is 1. The minimum Gasteiger partial charge on any atom is -0.444 e. The number of aromatic nitrogens is 1. The second kappa shape index (κ2) is 11.2. The Hall–Kier alpha value is -2.98. The standard InChI is InChI=1S/C27H36N4O5S/c1-17-23(37-16-29-17)19-10-8-18(9-11-19)14-28-24(33)22-13-20(32)15-31(22)25(34)21-7-5-6-12-30(21)26(35)36-27(2,3)4/h8-11,16,20-22,32H,5-7,12-15H2,1-4H3,(H,28,33). The maximum Gasteiger partial charge on any atom is 0.410 e. The summed E-state index contributed by atoms with van der Waals surface area (Å²) in [7, 11) is 0. The lowest BCUT2D eigenvalue weighted by molar-refractivity contribution is -0.143. The van der Waals surface area contributed by atoms with Crippen molar-refractivity contribution in [2.45, 2.75) is 83.7 Å². The fraction of sp³-hybridized carbons (Fsp3) is 0.556. The molecular weight excluding hydrogens is 492 g/mol. The Kier molecular flexibility index (Phi) is 8.18. The van der Waals surface area contributed by atoms with Gasteiger partial charge in [-0.25, -0.2) is 9.78 Å². The lowest BCUT2D eigenvalue weighted by Gasteiger charge is -2.38. The SMILES string of the molecule is Cc1ncsc1-c1ccc(CNC(=O)C2CC(O)CN2C(=O)C2CCCCN2C(=O)OC(C)(C)C)cc1. The number of amides is 3. The molecule has 3 heterocycles. The van der Waals surface area contributed by atoms with Crippen LogP contribution in [0.25, 0.3) is 10.4 Å². The van der Waals surface area contributed by atoms with Gasteiger partial charge in [-0.1, -0.05) is 24.3 Å². The molecule has 10 heteroatoms. The van der Waals surface area contributed by atoms with E-state index < -0.39 is 29.9 Å². The van der Waals surface area contributed by atoms with Crippen molar-refractivity contribution in [3.05, 3.63) is 41.0 Å². The fourth-order valence-corrected chi connectivity index (χ4v) is 5.70. The molecule has 9 nitrogen and oxygen atoms in total. The lowest BCUT2D eigenvalue weighted by Crippen LogP contribution is -2.56. The molecule has 3 amide bonds. The lowest BCUT2D eigenvalue weighted by atomic mass is 10.0. The molecule has 3 unspecified atom stereocenters. The maximum atomic E-state index is 13.6. The number of aliphatic hydroxyl groups excluding tert-OH is 1. The zero-order valence-electron chi connectivity index (χ0n) is 21.9. The second-order valence-corrected chi connectivity index (χ2v) is 11.6. The number of ether oxygens (including phenoxy) is 1. The number of likely N-dealkylation sites (tertiary alicyclic amines) is 2. The summed E-state index contributed by atoms with van der Waals surface area (Å²) in [5.74, 6) is -0.626. The van der Waals surface area contributed by atoms with Crippen LogP contribution in [0.4, 0.5) is 4.79 Å². The van der Waals surface area contributed by atoms with E-state index in [1.807, 2.05) is 36.7 Å². The molecule has 2 aliphatic heterocycles. The van der Waals surface area contributed by atoms with E-state index in [0.717, 1.165) is 34.5 Å². The Labute approximate surface area is 221 Å². The molecular formula is C27H36N4O5S. The van der Waals surface area contributed by atoms with Crippen LogP contribution in [0.3, 0.4) is 0 Å². The highest BCUT2D eigenvalue weighted by Gasteiger charge is 2.44. The van der Waals surface area contributed by atoms with Gasteiger partial charge in [0.25, 0.3) is 0 Å². The number of thiazole rings is 1. The third kappa shape index (κ3) is 6.48. The van der Waals surface area contributed by atoms with Crippen molar-refractivity contribution in [2.75, 3.05) is 13.1 Å². The number of nitrogens with zero attached hydrogens (tertiary/aromatic N) is 3. The number of hydrogen-bond acceptors (Lipinski definition) is 7. The van der Waals surface area contributed by atoms with Gasteiger partial charge in [0.2, 0.25) is 11.8 Å². The number of carbonyl (C=O) groups excluding carboxylic acids is 3. The first-order valence-corrected chi connectivity index (χ1v) is 13.7. The van der Waals surface area contributed by atoms with Gasteiger partial charge in [-0.2, -0.15) is 0 Å². The first-order chi connectivity index (χ1) is 17.5. The second-order valence-electron chi connectivity index (χ2n) is 10.8. The van der Waals surface area contributed by atoms with Crippen molar-refractivity contribution >= 4 is 29.2 Å². The van der Waals surface area contributed by atoms with Crippen LogP contribution in [-0.2, 0) is 20.9 Å². The summed E-state index contributed by atoms with van der Waals surface area (Å²) in [6.07, 6.45) is 0.949. The first kappa shape index (κ1) is 27.1. The summed E-state index contributed by atoms with van der Waals surface area (Å²) in [6.45, 7) is 8.14. The molecule has 37 heavy (non-hydrogen) atoms. The van der Waals surface area contributed by atoms with Crippen LogP contribution < -0.4 is 5.32 Å². The van der Waals surface area contributed by atoms with Gasteiger partial charge in [0, 0.05) is 26.1 Å². The van der Waals surface area contributed by atoms with Crippen molar-refractivity contribution in [3.63, 3.8) is 0 Å². The van der Waals surface area contributed by atoms with Crippen molar-refractivity contribution < 1.29 is 24.2 Å². The number of benzene rings is 1. The van der Waals surface area contributed by atoms with Gasteiger partial charge < -0.3 is 20.1 Å². The van der Waals surface area contributed by atoms with Crippen molar-refractivity contribution in [3.8, 4) is 10.4 Å².